The normalized spacial score (nSPS) is 18.8. The van der Waals surface area contributed by atoms with Crippen molar-refractivity contribution in [2.24, 2.45) is 5.92 Å². The van der Waals surface area contributed by atoms with Crippen molar-refractivity contribution in [1.82, 2.24) is 19.6 Å². The fraction of sp³-hybridized carbons (Fsp3) is 0.423. The third-order valence-corrected chi connectivity index (χ3v) is 8.36. The molecule has 0 radical (unpaired) electrons. The summed E-state index contributed by atoms with van der Waals surface area (Å²) in [5, 5.41) is 6.92. The Bertz CT molecular complexity index is 1450. The fourth-order valence-electron chi connectivity index (χ4n) is 5.04. The highest BCUT2D eigenvalue weighted by atomic mass is 32.1. The monoisotopic (exact) mass is 475 g/mol. The molecule has 4 aromatic rings. The van der Waals surface area contributed by atoms with Crippen molar-refractivity contribution in [2.45, 2.75) is 38.1 Å². The van der Waals surface area contributed by atoms with Crippen molar-refractivity contribution in [3.63, 3.8) is 0 Å². The number of thiazole rings is 1. The van der Waals surface area contributed by atoms with Gasteiger partial charge in [0.2, 0.25) is 5.43 Å². The molecular weight excluding hydrogens is 446 g/mol. The van der Waals surface area contributed by atoms with Gasteiger partial charge in [-0.1, -0.05) is 12.1 Å². The number of carbonyl (C=O) groups excluding carboxylic acids is 1. The summed E-state index contributed by atoms with van der Waals surface area (Å²) in [5.74, 6) is 1.19. The van der Waals surface area contributed by atoms with Crippen molar-refractivity contribution in [3.05, 3.63) is 52.2 Å². The van der Waals surface area contributed by atoms with E-state index in [0.717, 1.165) is 47.9 Å². The van der Waals surface area contributed by atoms with Gasteiger partial charge in [0.1, 0.15) is 16.2 Å². The minimum absolute atomic E-state index is 0.217. The summed E-state index contributed by atoms with van der Waals surface area (Å²) in [4.78, 5) is 34.8. The number of hydrogen-bond donors (Lipinski definition) is 2. The number of benzene rings is 1. The molecule has 3 aromatic heterocycles. The number of carbonyl (C=O) groups is 1. The fourth-order valence-corrected chi connectivity index (χ4v) is 6.23. The number of amides is 1. The second-order valence-electron chi connectivity index (χ2n) is 9.63. The number of hydrogen-bond acceptors (Lipinski definition) is 6. The maximum absolute atomic E-state index is 13.6. The quantitative estimate of drug-likeness (QED) is 0.421. The molecule has 2 fully saturated rings. The third kappa shape index (κ3) is 3.84. The lowest BCUT2D eigenvalue weighted by molar-refractivity contribution is 0.0951. The predicted octanol–water partition coefficient (Wildman–Crippen LogP) is 4.10. The molecule has 0 bridgehead atoms. The number of nitrogens with zero attached hydrogens (tertiary/aromatic N) is 3. The molecule has 1 saturated heterocycles. The molecule has 1 atom stereocenters. The summed E-state index contributed by atoms with van der Waals surface area (Å²) < 4.78 is 3.01. The number of rotatable bonds is 7. The first-order chi connectivity index (χ1) is 16.6. The Balaban J connectivity index is 1.41. The maximum Gasteiger partial charge on any atom is 0.258 e. The van der Waals surface area contributed by atoms with E-state index in [4.69, 9.17) is 4.98 Å². The topological polar surface area (TPSA) is 78.7 Å². The van der Waals surface area contributed by atoms with E-state index in [2.05, 4.69) is 22.6 Å². The Hall–Kier alpha value is -2.97. The van der Waals surface area contributed by atoms with Gasteiger partial charge in [-0.3, -0.25) is 14.0 Å². The van der Waals surface area contributed by atoms with E-state index in [1.54, 1.807) is 0 Å². The van der Waals surface area contributed by atoms with Crippen molar-refractivity contribution in [1.29, 1.82) is 0 Å². The molecule has 1 saturated carbocycles. The zero-order valence-electron chi connectivity index (χ0n) is 19.3. The second kappa shape index (κ2) is 8.67. The maximum atomic E-state index is 13.6. The van der Waals surface area contributed by atoms with Crippen LogP contribution in [0.15, 0.2) is 41.2 Å². The molecule has 1 unspecified atom stereocenters. The Morgan fingerprint density at radius 2 is 2.03 bits per heavy atom. The lowest BCUT2D eigenvalue weighted by atomic mass is 10.1. The Morgan fingerprint density at radius 1 is 1.18 bits per heavy atom. The minimum Gasteiger partial charge on any atom is -0.370 e. The van der Waals surface area contributed by atoms with Crippen LogP contribution in [0.3, 0.4) is 0 Å². The number of anilines is 1. The molecular formula is C26H29N5O2S. The number of aromatic nitrogens is 2. The Morgan fingerprint density at radius 3 is 2.82 bits per heavy atom. The summed E-state index contributed by atoms with van der Waals surface area (Å²) in [6.07, 6.45) is 5.77. The smallest absolute Gasteiger partial charge is 0.258 e. The van der Waals surface area contributed by atoms with E-state index in [0.29, 0.717) is 28.5 Å². The van der Waals surface area contributed by atoms with Crippen LogP contribution in [0.1, 0.15) is 42.5 Å². The summed E-state index contributed by atoms with van der Waals surface area (Å²) in [6, 6.07) is 12.2. The highest BCUT2D eigenvalue weighted by Gasteiger charge is 2.25. The molecule has 1 aliphatic carbocycles. The van der Waals surface area contributed by atoms with Crippen LogP contribution in [0.2, 0.25) is 0 Å². The summed E-state index contributed by atoms with van der Waals surface area (Å²) >= 11 is 1.47. The molecule has 1 aromatic carbocycles. The average Bonchev–Trinajstić information content (AvgIpc) is 3.47. The van der Waals surface area contributed by atoms with Gasteiger partial charge in [-0.2, -0.15) is 0 Å². The summed E-state index contributed by atoms with van der Waals surface area (Å²) in [6.45, 7) is 2.57. The molecule has 6 rings (SSSR count). The van der Waals surface area contributed by atoms with E-state index in [1.807, 2.05) is 40.8 Å². The van der Waals surface area contributed by atoms with Crippen LogP contribution in [-0.2, 0) is 0 Å². The van der Waals surface area contributed by atoms with E-state index in [9.17, 15) is 9.59 Å². The zero-order chi connectivity index (χ0) is 23.2. The molecule has 34 heavy (non-hydrogen) atoms. The summed E-state index contributed by atoms with van der Waals surface area (Å²) in [7, 11) is 2.14. The van der Waals surface area contributed by atoms with Gasteiger partial charge in [0.05, 0.1) is 15.6 Å². The first kappa shape index (κ1) is 21.6. The van der Waals surface area contributed by atoms with Gasteiger partial charge >= 0.3 is 0 Å². The van der Waals surface area contributed by atoms with Crippen molar-refractivity contribution in [2.75, 3.05) is 32.0 Å². The molecule has 1 amide bonds. The van der Waals surface area contributed by atoms with Crippen LogP contribution in [0.4, 0.5) is 5.82 Å². The van der Waals surface area contributed by atoms with Crippen molar-refractivity contribution in [3.8, 4) is 0 Å². The van der Waals surface area contributed by atoms with Gasteiger partial charge in [-0.05, 0) is 75.9 Å². The minimum atomic E-state index is -0.299. The van der Waals surface area contributed by atoms with Gasteiger partial charge in [0, 0.05) is 19.1 Å². The van der Waals surface area contributed by atoms with E-state index < -0.39 is 0 Å². The third-order valence-electron chi connectivity index (χ3n) is 7.22. The second-order valence-corrected chi connectivity index (χ2v) is 10.7. The van der Waals surface area contributed by atoms with E-state index in [1.165, 1.54) is 30.6 Å². The number of nitrogens with one attached hydrogen (secondary N) is 2. The van der Waals surface area contributed by atoms with Crippen LogP contribution < -0.4 is 16.1 Å². The van der Waals surface area contributed by atoms with Crippen LogP contribution in [0.25, 0.3) is 26.1 Å². The molecule has 7 nitrogen and oxygen atoms in total. The van der Waals surface area contributed by atoms with Crippen LogP contribution in [0, 0.1) is 5.92 Å². The lowest BCUT2D eigenvalue weighted by Crippen LogP contribution is -2.34. The van der Waals surface area contributed by atoms with Gasteiger partial charge < -0.3 is 15.5 Å². The van der Waals surface area contributed by atoms with Crippen LogP contribution >= 0.6 is 11.3 Å². The summed E-state index contributed by atoms with van der Waals surface area (Å²) in [5.41, 5.74) is 1.52. The first-order valence-electron chi connectivity index (χ1n) is 12.2. The average molecular weight is 476 g/mol. The van der Waals surface area contributed by atoms with Crippen LogP contribution in [0.5, 0.6) is 0 Å². The zero-order valence-corrected chi connectivity index (χ0v) is 20.2. The van der Waals surface area contributed by atoms with Crippen molar-refractivity contribution >= 4 is 49.1 Å². The largest absolute Gasteiger partial charge is 0.370 e. The van der Waals surface area contributed by atoms with Gasteiger partial charge in [0.25, 0.3) is 5.91 Å². The van der Waals surface area contributed by atoms with Gasteiger partial charge in [-0.25, -0.2) is 4.98 Å². The molecule has 0 spiro atoms. The van der Waals surface area contributed by atoms with E-state index >= 15 is 0 Å². The molecule has 2 N–H and O–H groups in total. The SMILES string of the molecule is CN1CCCC1CCNC(=O)c1c(=O)c2ccc(NCC3CC3)nc2n2c1sc1ccccc12. The number of fused-ring (bicyclic) bond motifs is 5. The number of pyridine rings is 2. The molecule has 2 aliphatic rings. The highest BCUT2D eigenvalue weighted by Crippen LogP contribution is 2.32. The number of para-hydroxylation sites is 1. The molecule has 176 valence electrons. The predicted molar refractivity (Wildman–Crippen MR) is 138 cm³/mol. The number of likely N-dealkylation sites (tertiary alicyclic amines) is 1. The van der Waals surface area contributed by atoms with Crippen molar-refractivity contribution < 1.29 is 4.79 Å². The van der Waals surface area contributed by atoms with E-state index in [-0.39, 0.29) is 16.9 Å². The van der Waals surface area contributed by atoms with Gasteiger partial charge in [-0.15, -0.1) is 11.3 Å². The Labute approximate surface area is 201 Å². The molecule has 1 aliphatic heterocycles. The lowest BCUT2D eigenvalue weighted by Gasteiger charge is -2.19. The highest BCUT2D eigenvalue weighted by molar-refractivity contribution is 7.24. The van der Waals surface area contributed by atoms with Crippen LogP contribution in [-0.4, -0.2) is 52.9 Å². The van der Waals surface area contributed by atoms with Gasteiger partial charge in [0.15, 0.2) is 5.65 Å². The molecule has 4 heterocycles. The molecule has 8 heteroatoms. The first-order valence-corrected chi connectivity index (χ1v) is 13.0. The Kier molecular flexibility index (Phi) is 5.50. The standard InChI is InChI=1S/C26H29N5O2S/c1-30-14-4-5-17(30)12-13-27-25(33)22-23(32)18-10-11-21(28-15-16-8-9-16)29-24(18)31-19-6-2-3-7-20(19)34-26(22)31/h2-3,6-7,10-11,16-17H,4-5,8-9,12-15H2,1H3,(H,27,33)(H,28,29).